The normalized spacial score (nSPS) is 12.5. The second-order valence-electron chi connectivity index (χ2n) is 5.40. The molecule has 120 valence electrons. The van der Waals surface area contributed by atoms with Gasteiger partial charge < -0.3 is 10.4 Å². The zero-order valence-electron chi connectivity index (χ0n) is 12.6. The van der Waals surface area contributed by atoms with Crippen molar-refractivity contribution in [3.05, 3.63) is 64.5 Å². The van der Waals surface area contributed by atoms with E-state index in [-0.39, 0.29) is 12.5 Å². The lowest BCUT2D eigenvalue weighted by Crippen LogP contribution is -2.28. The van der Waals surface area contributed by atoms with Crippen LogP contribution >= 0.6 is 22.7 Å². The molecule has 4 nitrogen and oxygen atoms in total. The largest absolute Gasteiger partial charge is 0.387 e. The van der Waals surface area contributed by atoms with E-state index >= 15 is 0 Å². The van der Waals surface area contributed by atoms with Gasteiger partial charge >= 0.3 is 0 Å². The summed E-state index contributed by atoms with van der Waals surface area (Å²) in [6.07, 6.45) is -0.737. The molecule has 0 aliphatic rings. The van der Waals surface area contributed by atoms with E-state index in [1.807, 2.05) is 53.9 Å². The fourth-order valence-corrected chi connectivity index (χ4v) is 4.49. The van der Waals surface area contributed by atoms with Gasteiger partial charge in [-0.3, -0.25) is 4.79 Å². The molecule has 0 saturated carbocycles. The number of nitrogens with zero attached hydrogens (tertiary/aromatic N) is 1. The van der Waals surface area contributed by atoms with Crippen LogP contribution < -0.4 is 5.32 Å². The summed E-state index contributed by atoms with van der Waals surface area (Å²) in [6.45, 7) is 0.162. The summed E-state index contributed by atoms with van der Waals surface area (Å²) in [4.78, 5) is 16.6. The Labute approximate surface area is 146 Å². The third-order valence-corrected chi connectivity index (χ3v) is 5.83. The van der Waals surface area contributed by atoms with Crippen molar-refractivity contribution >= 4 is 48.9 Å². The monoisotopic (exact) mass is 354 g/mol. The average molecular weight is 354 g/mol. The highest BCUT2D eigenvalue weighted by atomic mass is 32.1. The molecule has 0 fully saturated rings. The lowest BCUT2D eigenvalue weighted by atomic mass is 10.1. The molecule has 2 aromatic carbocycles. The van der Waals surface area contributed by atoms with E-state index in [2.05, 4.69) is 10.3 Å². The number of benzene rings is 2. The predicted molar refractivity (Wildman–Crippen MR) is 98.7 cm³/mol. The first-order chi connectivity index (χ1) is 11.7. The van der Waals surface area contributed by atoms with Gasteiger partial charge in [0.2, 0.25) is 0 Å². The van der Waals surface area contributed by atoms with Crippen LogP contribution in [0.4, 0.5) is 0 Å². The van der Waals surface area contributed by atoms with Crippen molar-refractivity contribution < 1.29 is 9.90 Å². The minimum absolute atomic E-state index is 0.162. The lowest BCUT2D eigenvalue weighted by molar-refractivity contribution is 0.0917. The Morgan fingerprint density at radius 2 is 1.88 bits per heavy atom. The third kappa shape index (κ3) is 2.80. The van der Waals surface area contributed by atoms with Gasteiger partial charge in [-0.25, -0.2) is 4.98 Å². The van der Waals surface area contributed by atoms with Gasteiger partial charge in [0.05, 0.1) is 16.3 Å². The molecule has 6 heteroatoms. The zero-order valence-corrected chi connectivity index (χ0v) is 14.2. The number of rotatable bonds is 4. The second-order valence-corrected chi connectivity index (χ2v) is 7.34. The number of carbonyl (C=O) groups excluding carboxylic acids is 1. The summed E-state index contributed by atoms with van der Waals surface area (Å²) in [7, 11) is 0. The Kier molecular flexibility index (Phi) is 4.02. The average Bonchev–Trinajstić information content (AvgIpc) is 3.23. The molecular weight excluding hydrogens is 340 g/mol. The molecule has 0 bridgehead atoms. The van der Waals surface area contributed by atoms with Crippen LogP contribution in [0.15, 0.2) is 53.9 Å². The molecule has 4 aromatic rings. The van der Waals surface area contributed by atoms with E-state index in [1.54, 1.807) is 11.3 Å². The molecule has 4 rings (SSSR count). The van der Waals surface area contributed by atoms with E-state index in [0.717, 1.165) is 25.9 Å². The molecule has 0 radical (unpaired) electrons. The van der Waals surface area contributed by atoms with E-state index in [0.29, 0.717) is 5.01 Å². The number of thiazole rings is 1. The highest BCUT2D eigenvalue weighted by molar-refractivity contribution is 7.20. The van der Waals surface area contributed by atoms with Crippen LogP contribution in [-0.4, -0.2) is 22.5 Å². The Morgan fingerprint density at radius 1 is 1.12 bits per heavy atom. The van der Waals surface area contributed by atoms with Gasteiger partial charge in [-0.15, -0.1) is 22.7 Å². The Morgan fingerprint density at radius 3 is 2.71 bits per heavy atom. The molecule has 1 amide bonds. The molecular formula is C18H14N2O2S2. The fraction of sp³-hybridized carbons (Fsp3) is 0.111. The van der Waals surface area contributed by atoms with E-state index in [1.165, 1.54) is 11.3 Å². The molecule has 0 aliphatic carbocycles. The van der Waals surface area contributed by atoms with Crippen LogP contribution in [-0.2, 0) is 0 Å². The standard InChI is InChI=1S/C18H14N2O2S2/c21-14(12-10-23-15-7-3-1-5-11(12)15)9-19-17(22)18-20-13-6-2-4-8-16(13)24-18/h1-8,10,14,21H,9H2,(H,19,22)/t14-/m1/s1. The number of aliphatic hydroxyl groups is 1. The first kappa shape index (κ1) is 15.3. The topological polar surface area (TPSA) is 62.2 Å². The first-order valence-electron chi connectivity index (χ1n) is 7.50. The Hall–Kier alpha value is -2.28. The number of hydrogen-bond donors (Lipinski definition) is 2. The van der Waals surface area contributed by atoms with Crippen LogP contribution in [0.2, 0.25) is 0 Å². The number of nitrogens with one attached hydrogen (secondary N) is 1. The summed E-state index contributed by atoms with van der Waals surface area (Å²) >= 11 is 2.95. The number of thiophene rings is 1. The van der Waals surface area contributed by atoms with Gasteiger partial charge in [0, 0.05) is 16.8 Å². The van der Waals surface area contributed by atoms with Crippen molar-refractivity contribution in [1.82, 2.24) is 10.3 Å². The lowest BCUT2D eigenvalue weighted by Gasteiger charge is -2.10. The van der Waals surface area contributed by atoms with Gasteiger partial charge in [-0.1, -0.05) is 30.3 Å². The third-order valence-electron chi connectivity index (χ3n) is 3.81. The van der Waals surface area contributed by atoms with Gasteiger partial charge in [0.1, 0.15) is 0 Å². The van der Waals surface area contributed by atoms with Gasteiger partial charge in [0.25, 0.3) is 5.91 Å². The minimum atomic E-state index is -0.737. The van der Waals surface area contributed by atoms with E-state index in [4.69, 9.17) is 0 Å². The number of carbonyl (C=O) groups is 1. The highest BCUT2D eigenvalue weighted by Gasteiger charge is 2.16. The van der Waals surface area contributed by atoms with Crippen LogP contribution in [0, 0.1) is 0 Å². The Bertz CT molecular complexity index is 989. The molecule has 1 atom stereocenters. The van der Waals surface area contributed by atoms with Crippen molar-refractivity contribution in [2.45, 2.75) is 6.10 Å². The van der Waals surface area contributed by atoms with Crippen LogP contribution in [0.5, 0.6) is 0 Å². The first-order valence-corrected chi connectivity index (χ1v) is 9.20. The minimum Gasteiger partial charge on any atom is -0.387 e. The maximum atomic E-state index is 12.3. The number of aliphatic hydroxyl groups excluding tert-OH is 1. The number of para-hydroxylation sites is 1. The van der Waals surface area contributed by atoms with E-state index in [9.17, 15) is 9.90 Å². The fourth-order valence-electron chi connectivity index (χ4n) is 2.60. The zero-order chi connectivity index (χ0) is 16.5. The summed E-state index contributed by atoms with van der Waals surface area (Å²) in [5.74, 6) is -0.255. The summed E-state index contributed by atoms with van der Waals surface area (Å²) in [5.41, 5.74) is 1.66. The summed E-state index contributed by atoms with van der Waals surface area (Å²) < 4.78 is 2.11. The maximum Gasteiger partial charge on any atom is 0.280 e. The molecule has 24 heavy (non-hydrogen) atoms. The van der Waals surface area contributed by atoms with Gasteiger partial charge in [-0.05, 0) is 29.0 Å². The van der Waals surface area contributed by atoms with Crippen LogP contribution in [0.1, 0.15) is 21.5 Å². The summed E-state index contributed by atoms with van der Waals surface area (Å²) in [5, 5.41) is 16.6. The maximum absolute atomic E-state index is 12.3. The van der Waals surface area contributed by atoms with Crippen molar-refractivity contribution in [2.24, 2.45) is 0 Å². The predicted octanol–water partition coefficient (Wildman–Crippen LogP) is 3.97. The second kappa shape index (κ2) is 6.32. The van der Waals surface area contributed by atoms with Crippen molar-refractivity contribution in [2.75, 3.05) is 6.54 Å². The quantitative estimate of drug-likeness (QED) is 0.583. The van der Waals surface area contributed by atoms with Gasteiger partial charge in [-0.2, -0.15) is 0 Å². The Balaban J connectivity index is 1.48. The number of fused-ring (bicyclic) bond motifs is 2. The molecule has 2 aromatic heterocycles. The number of hydrogen-bond acceptors (Lipinski definition) is 5. The van der Waals surface area contributed by atoms with Crippen LogP contribution in [0.25, 0.3) is 20.3 Å². The smallest absolute Gasteiger partial charge is 0.280 e. The highest BCUT2D eigenvalue weighted by Crippen LogP contribution is 2.30. The summed E-state index contributed by atoms with van der Waals surface area (Å²) in [6, 6.07) is 15.6. The van der Waals surface area contributed by atoms with E-state index < -0.39 is 6.10 Å². The van der Waals surface area contributed by atoms with Crippen LogP contribution in [0.3, 0.4) is 0 Å². The number of amides is 1. The van der Waals surface area contributed by atoms with Gasteiger partial charge in [0.15, 0.2) is 5.01 Å². The molecule has 2 N–H and O–H groups in total. The molecule has 0 unspecified atom stereocenters. The molecule has 0 saturated heterocycles. The SMILES string of the molecule is O=C(NC[C@@H](O)c1csc2ccccc12)c1nc2ccccc2s1. The van der Waals surface area contributed by atoms with Crippen molar-refractivity contribution in [1.29, 1.82) is 0 Å². The molecule has 2 heterocycles. The number of aromatic nitrogens is 1. The van der Waals surface area contributed by atoms with Crippen molar-refractivity contribution in [3.63, 3.8) is 0 Å². The van der Waals surface area contributed by atoms with Crippen molar-refractivity contribution in [3.8, 4) is 0 Å². The molecule has 0 spiro atoms. The molecule has 0 aliphatic heterocycles.